The second kappa shape index (κ2) is 2.50. The van der Waals surface area contributed by atoms with Crippen LogP contribution >= 0.6 is 11.6 Å². The van der Waals surface area contributed by atoms with Crippen molar-refractivity contribution in [2.75, 3.05) is 0 Å². The molecular formula is C7H6ClN3O2. The zero-order valence-corrected chi connectivity index (χ0v) is 7.46. The molecule has 0 aliphatic rings. The van der Waals surface area contributed by atoms with Gasteiger partial charge in [0.2, 0.25) is 5.78 Å². The molecule has 0 aromatic carbocycles. The van der Waals surface area contributed by atoms with E-state index < -0.39 is 5.97 Å². The Morgan fingerprint density at radius 1 is 1.77 bits per heavy atom. The highest BCUT2D eigenvalue weighted by molar-refractivity contribution is 6.32. The quantitative estimate of drug-likeness (QED) is 0.728. The number of carboxylic acids is 1. The van der Waals surface area contributed by atoms with Gasteiger partial charge < -0.3 is 10.1 Å². The van der Waals surface area contributed by atoms with Crippen molar-refractivity contribution in [2.24, 2.45) is 0 Å². The second-order valence-corrected chi connectivity index (χ2v) is 3.05. The number of aromatic carboxylic acids is 1. The normalized spacial score (nSPS) is 10.9. The molecule has 68 valence electrons. The Labute approximate surface area is 78.0 Å². The van der Waals surface area contributed by atoms with Crippen molar-refractivity contribution in [1.82, 2.24) is 14.4 Å². The predicted molar refractivity (Wildman–Crippen MR) is 46.2 cm³/mol. The zero-order chi connectivity index (χ0) is 9.59. The number of H-pyrrole nitrogens is 1. The molecule has 0 atom stereocenters. The van der Waals surface area contributed by atoms with Crippen molar-refractivity contribution < 1.29 is 9.90 Å². The Balaban J connectivity index is 2.83. The number of aromatic nitrogens is 3. The number of aromatic amines is 1. The molecule has 2 aromatic rings. The summed E-state index contributed by atoms with van der Waals surface area (Å²) in [6.07, 6.45) is 1.64. The number of imidazole rings is 2. The maximum Gasteiger partial charge on any atom is 0.356 e. The van der Waals surface area contributed by atoms with Gasteiger partial charge in [0.25, 0.3) is 0 Å². The van der Waals surface area contributed by atoms with Crippen LogP contribution in [-0.2, 0) is 0 Å². The molecule has 13 heavy (non-hydrogen) atoms. The number of halogens is 1. The molecule has 6 heteroatoms. The lowest BCUT2D eigenvalue weighted by Crippen LogP contribution is -2.00. The molecule has 2 rings (SSSR count). The first-order valence-corrected chi connectivity index (χ1v) is 3.94. The van der Waals surface area contributed by atoms with E-state index in [1.807, 2.05) is 6.92 Å². The van der Waals surface area contributed by atoms with Crippen molar-refractivity contribution in [3.8, 4) is 0 Å². The Kier molecular flexibility index (Phi) is 1.56. The largest absolute Gasteiger partial charge is 0.476 e. The Bertz CT molecular complexity index is 485. The molecule has 0 radical (unpaired) electrons. The Morgan fingerprint density at radius 2 is 2.46 bits per heavy atom. The van der Waals surface area contributed by atoms with Crippen molar-refractivity contribution in [1.29, 1.82) is 0 Å². The number of carboxylic acid groups (broad SMARTS) is 1. The van der Waals surface area contributed by atoms with Gasteiger partial charge in [0.05, 0.1) is 0 Å². The van der Waals surface area contributed by atoms with E-state index in [-0.39, 0.29) is 10.8 Å². The summed E-state index contributed by atoms with van der Waals surface area (Å²) < 4.78 is 1.42. The number of nitrogens with zero attached hydrogens (tertiary/aromatic N) is 2. The molecule has 0 unspecified atom stereocenters. The first-order valence-electron chi connectivity index (χ1n) is 3.56. The fraction of sp³-hybridized carbons (Fsp3) is 0.143. The lowest BCUT2D eigenvalue weighted by Gasteiger charge is -1.89. The van der Waals surface area contributed by atoms with Gasteiger partial charge in [-0.2, -0.15) is 4.98 Å². The van der Waals surface area contributed by atoms with Crippen LogP contribution in [0.1, 0.15) is 16.2 Å². The summed E-state index contributed by atoms with van der Waals surface area (Å²) in [7, 11) is 0. The molecule has 2 N–H and O–H groups in total. The van der Waals surface area contributed by atoms with Crippen LogP contribution < -0.4 is 0 Å². The molecule has 0 bridgehead atoms. The van der Waals surface area contributed by atoms with Gasteiger partial charge in [0, 0.05) is 11.9 Å². The van der Waals surface area contributed by atoms with Gasteiger partial charge in [-0.15, -0.1) is 0 Å². The van der Waals surface area contributed by atoms with Gasteiger partial charge in [-0.1, -0.05) is 11.6 Å². The summed E-state index contributed by atoms with van der Waals surface area (Å²) in [6, 6.07) is 0. The van der Waals surface area contributed by atoms with E-state index in [2.05, 4.69) is 9.97 Å². The number of hydrogen-bond donors (Lipinski definition) is 2. The molecule has 0 saturated carbocycles. The highest BCUT2D eigenvalue weighted by atomic mass is 35.5. The first kappa shape index (κ1) is 8.12. The lowest BCUT2D eigenvalue weighted by atomic mass is 10.5. The summed E-state index contributed by atoms with van der Waals surface area (Å²) in [5, 5.41) is 8.80. The summed E-state index contributed by atoms with van der Waals surface area (Å²) in [5.74, 6) is -0.642. The number of aryl methyl sites for hydroxylation is 1. The molecule has 2 heterocycles. The fourth-order valence-corrected chi connectivity index (χ4v) is 1.46. The van der Waals surface area contributed by atoms with Crippen LogP contribution in [0.5, 0.6) is 0 Å². The van der Waals surface area contributed by atoms with Gasteiger partial charge >= 0.3 is 5.97 Å². The summed E-state index contributed by atoms with van der Waals surface area (Å²) in [6.45, 7) is 1.81. The lowest BCUT2D eigenvalue weighted by molar-refractivity contribution is 0.0689. The van der Waals surface area contributed by atoms with Crippen LogP contribution in [0.4, 0.5) is 0 Å². The van der Waals surface area contributed by atoms with Crippen LogP contribution in [0.25, 0.3) is 5.78 Å². The minimum atomic E-state index is -1.09. The minimum absolute atomic E-state index is 0.00116. The standard InChI is InChI=1S/C7H6ClN3O2/c1-3-2-11-4(6(12)13)5(8)10-7(11)9-3/h2H,1H3,(H,9,10)(H,12,13). The smallest absolute Gasteiger partial charge is 0.356 e. The van der Waals surface area contributed by atoms with E-state index in [1.54, 1.807) is 6.20 Å². The number of fused-ring (bicyclic) bond motifs is 1. The molecule has 0 fully saturated rings. The van der Waals surface area contributed by atoms with E-state index in [0.29, 0.717) is 5.78 Å². The maximum absolute atomic E-state index is 10.7. The van der Waals surface area contributed by atoms with Crippen molar-refractivity contribution >= 4 is 23.3 Å². The van der Waals surface area contributed by atoms with E-state index in [4.69, 9.17) is 16.7 Å². The summed E-state index contributed by atoms with van der Waals surface area (Å²) >= 11 is 5.62. The minimum Gasteiger partial charge on any atom is -0.476 e. The number of hydrogen-bond acceptors (Lipinski definition) is 2. The van der Waals surface area contributed by atoms with Crippen molar-refractivity contribution in [2.45, 2.75) is 6.92 Å². The van der Waals surface area contributed by atoms with Gasteiger partial charge in [-0.05, 0) is 6.92 Å². The van der Waals surface area contributed by atoms with Gasteiger partial charge in [0.15, 0.2) is 10.8 Å². The first-order chi connectivity index (χ1) is 6.09. The number of nitrogens with one attached hydrogen (secondary N) is 1. The third kappa shape index (κ3) is 1.08. The molecule has 0 aliphatic carbocycles. The Morgan fingerprint density at radius 3 is 3.08 bits per heavy atom. The predicted octanol–water partition coefficient (Wildman–Crippen LogP) is 1.32. The second-order valence-electron chi connectivity index (χ2n) is 2.69. The van der Waals surface area contributed by atoms with Crippen LogP contribution in [0.2, 0.25) is 5.15 Å². The van der Waals surface area contributed by atoms with Crippen LogP contribution in [0.3, 0.4) is 0 Å². The average molecular weight is 200 g/mol. The van der Waals surface area contributed by atoms with Crippen LogP contribution in [0, 0.1) is 6.92 Å². The highest BCUT2D eigenvalue weighted by Gasteiger charge is 2.17. The number of rotatable bonds is 1. The summed E-state index contributed by atoms with van der Waals surface area (Å²) in [4.78, 5) is 17.5. The van der Waals surface area contributed by atoms with Crippen molar-refractivity contribution in [3.63, 3.8) is 0 Å². The van der Waals surface area contributed by atoms with Crippen molar-refractivity contribution in [3.05, 3.63) is 22.7 Å². The third-order valence-electron chi connectivity index (χ3n) is 1.70. The van der Waals surface area contributed by atoms with E-state index in [9.17, 15) is 4.79 Å². The van der Waals surface area contributed by atoms with E-state index in [1.165, 1.54) is 4.40 Å². The topological polar surface area (TPSA) is 70.4 Å². The highest BCUT2D eigenvalue weighted by Crippen LogP contribution is 2.17. The van der Waals surface area contributed by atoms with Gasteiger partial charge in [0.1, 0.15) is 0 Å². The molecule has 2 aromatic heterocycles. The maximum atomic E-state index is 10.7. The fourth-order valence-electron chi connectivity index (χ4n) is 1.21. The molecule has 0 aliphatic heterocycles. The molecule has 0 spiro atoms. The van der Waals surface area contributed by atoms with E-state index >= 15 is 0 Å². The van der Waals surface area contributed by atoms with Crippen LogP contribution in [0.15, 0.2) is 6.20 Å². The van der Waals surface area contributed by atoms with E-state index in [0.717, 1.165) is 5.69 Å². The van der Waals surface area contributed by atoms with Gasteiger partial charge in [-0.3, -0.25) is 4.40 Å². The molecule has 0 saturated heterocycles. The molecule has 0 amide bonds. The van der Waals surface area contributed by atoms with Crippen LogP contribution in [-0.4, -0.2) is 25.4 Å². The monoisotopic (exact) mass is 199 g/mol. The molecular weight excluding hydrogens is 194 g/mol. The SMILES string of the molecule is Cc1cn2c(C(=O)O)c(Cl)nc2[nH]1. The molecule has 5 nitrogen and oxygen atoms in total. The average Bonchev–Trinajstić information content (AvgIpc) is 2.41. The summed E-state index contributed by atoms with van der Waals surface area (Å²) in [5.41, 5.74) is 0.822. The third-order valence-corrected chi connectivity index (χ3v) is 1.97. The zero-order valence-electron chi connectivity index (χ0n) is 6.71. The number of carbonyl (C=O) groups is 1. The van der Waals surface area contributed by atoms with Gasteiger partial charge in [-0.25, -0.2) is 4.79 Å². The Hall–Kier alpha value is -1.49.